The highest BCUT2D eigenvalue weighted by Gasteiger charge is 2.49. The first-order valence-electron chi connectivity index (χ1n) is 14.9. The molecule has 44 heavy (non-hydrogen) atoms. The third kappa shape index (κ3) is 4.46. The summed E-state index contributed by atoms with van der Waals surface area (Å²) in [5.41, 5.74) is 1.87. The van der Waals surface area contributed by atoms with Gasteiger partial charge >= 0.3 is 6.01 Å². The zero-order chi connectivity index (χ0) is 30.2. The molecule has 13 heteroatoms. The van der Waals surface area contributed by atoms with Gasteiger partial charge in [0.1, 0.15) is 29.9 Å². The van der Waals surface area contributed by atoms with Gasteiger partial charge in [-0.1, -0.05) is 17.7 Å². The molecule has 5 aliphatic rings. The van der Waals surface area contributed by atoms with Crippen molar-refractivity contribution in [3.8, 4) is 17.4 Å². The zero-order valence-corrected chi connectivity index (χ0v) is 24.5. The number of rotatable bonds is 5. The third-order valence-corrected chi connectivity index (χ3v) is 9.92. The van der Waals surface area contributed by atoms with Gasteiger partial charge in [-0.2, -0.15) is 19.7 Å². The van der Waals surface area contributed by atoms with Crippen molar-refractivity contribution in [1.29, 1.82) is 0 Å². The van der Waals surface area contributed by atoms with Crippen molar-refractivity contribution in [2.75, 3.05) is 39.3 Å². The molecule has 10 nitrogen and oxygen atoms in total. The Labute approximate surface area is 255 Å². The number of aromatic hydroxyl groups is 1. The summed E-state index contributed by atoms with van der Waals surface area (Å²) in [6, 6.07) is 5.67. The molecule has 9 rings (SSSR count). The molecule has 3 saturated heterocycles. The number of halogens is 3. The molecule has 0 radical (unpaired) electrons. The number of fused-ring (bicyclic) bond motifs is 7. The summed E-state index contributed by atoms with van der Waals surface area (Å²) in [5, 5.41) is 22.8. The smallest absolute Gasteiger partial charge is 0.317 e. The van der Waals surface area contributed by atoms with Crippen molar-refractivity contribution in [3.63, 3.8) is 0 Å². The summed E-state index contributed by atoms with van der Waals surface area (Å²) in [6.07, 6.45) is 3.49. The van der Waals surface area contributed by atoms with Crippen molar-refractivity contribution >= 4 is 38.8 Å². The van der Waals surface area contributed by atoms with Crippen LogP contribution in [0.5, 0.6) is 11.8 Å². The van der Waals surface area contributed by atoms with Crippen molar-refractivity contribution in [3.05, 3.63) is 62.9 Å². The van der Waals surface area contributed by atoms with Crippen LogP contribution in [0.2, 0.25) is 5.02 Å². The van der Waals surface area contributed by atoms with Crippen molar-refractivity contribution < 1.29 is 18.6 Å². The molecule has 2 aromatic carbocycles. The van der Waals surface area contributed by atoms with E-state index in [0.29, 0.717) is 48.9 Å². The van der Waals surface area contributed by atoms with Crippen molar-refractivity contribution in [1.82, 2.24) is 35.3 Å². The molecular weight excluding hydrogens is 592 g/mol. The Morgan fingerprint density at radius 1 is 1.23 bits per heavy atom. The summed E-state index contributed by atoms with van der Waals surface area (Å²) < 4.78 is 36.3. The lowest BCUT2D eigenvalue weighted by Gasteiger charge is -2.31. The average Bonchev–Trinajstić information content (AvgIpc) is 3.33. The summed E-state index contributed by atoms with van der Waals surface area (Å²) in [7, 11) is 0. The third-order valence-electron chi connectivity index (χ3n) is 9.55. The second-order valence-corrected chi connectivity index (χ2v) is 12.6. The predicted octanol–water partition coefficient (Wildman–Crippen LogP) is 3.50. The number of nitrogens with one attached hydrogen (secondary N) is 2. The van der Waals surface area contributed by atoms with Crippen molar-refractivity contribution in [2.24, 2.45) is 0 Å². The summed E-state index contributed by atoms with van der Waals surface area (Å²) in [4.78, 5) is 25.8. The normalized spacial score (nSPS) is 25.2. The molecule has 4 aromatic rings. The van der Waals surface area contributed by atoms with E-state index in [-0.39, 0.29) is 46.0 Å². The molecule has 1 unspecified atom stereocenters. The maximum absolute atomic E-state index is 14.6. The number of hydrogen-bond donors (Lipinski definition) is 3. The Balaban J connectivity index is 1.31. The summed E-state index contributed by atoms with van der Waals surface area (Å²) >= 11 is 6.37. The molecule has 7 heterocycles. The lowest BCUT2D eigenvalue weighted by atomic mass is 9.93. The largest absolute Gasteiger partial charge is 0.508 e. The molecular formula is C31H30ClF2N7O3. The second kappa shape index (κ2) is 10.4. The standard InChI is InChI=1S/C31H30ClF2N7O3/c32-26-23(34)3-2-16-6-20(42)8-24(25(16)26)41-29(43)28-22(13-37-41)27(21-7-19-12-35-10-17(21)11-36-19)38-30(39-28)44-15-31-4-1-5-40(31)14-18(33)9-31/h2-3,6,8,13,18-19,35-36,42H,1,4-5,7,9-12,14-15H2/t18-,19?,31+/m1/s1. The van der Waals surface area contributed by atoms with Crippen LogP contribution in [-0.4, -0.2) is 86.8 Å². The van der Waals surface area contributed by atoms with Gasteiger partial charge in [-0.05, 0) is 54.5 Å². The van der Waals surface area contributed by atoms with E-state index >= 15 is 0 Å². The first-order valence-corrected chi connectivity index (χ1v) is 15.3. The van der Waals surface area contributed by atoms with E-state index in [0.717, 1.165) is 41.8 Å². The molecule has 3 fully saturated rings. The quantitative estimate of drug-likeness (QED) is 0.308. The Bertz CT molecular complexity index is 1930. The maximum Gasteiger partial charge on any atom is 0.317 e. The topological polar surface area (TPSA) is 117 Å². The zero-order valence-electron chi connectivity index (χ0n) is 23.7. The van der Waals surface area contributed by atoms with Crippen LogP contribution >= 0.6 is 11.6 Å². The van der Waals surface area contributed by atoms with Crippen LogP contribution in [-0.2, 0) is 0 Å². The molecule has 5 aliphatic heterocycles. The Morgan fingerprint density at radius 2 is 2.11 bits per heavy atom. The predicted molar refractivity (Wildman–Crippen MR) is 162 cm³/mol. The van der Waals surface area contributed by atoms with Gasteiger partial charge in [-0.15, -0.1) is 0 Å². The average molecular weight is 622 g/mol. The fraction of sp³-hybridized carbons (Fsp3) is 0.419. The first-order chi connectivity index (χ1) is 21.3. The number of ether oxygens (including phenoxy) is 1. The van der Waals surface area contributed by atoms with Crippen LogP contribution in [0.1, 0.15) is 31.4 Å². The minimum Gasteiger partial charge on any atom is -0.508 e. The first kappa shape index (κ1) is 27.8. The molecule has 0 aliphatic carbocycles. The number of alkyl halides is 1. The molecule has 2 aromatic heterocycles. The summed E-state index contributed by atoms with van der Waals surface area (Å²) in [6.45, 7) is 3.59. The maximum atomic E-state index is 14.6. The van der Waals surface area contributed by atoms with Crippen LogP contribution in [0.25, 0.3) is 32.9 Å². The van der Waals surface area contributed by atoms with Crippen LogP contribution in [0.4, 0.5) is 8.78 Å². The number of aromatic nitrogens is 4. The van der Waals surface area contributed by atoms with E-state index in [1.807, 2.05) is 0 Å². The van der Waals surface area contributed by atoms with E-state index in [9.17, 15) is 18.7 Å². The van der Waals surface area contributed by atoms with Gasteiger partial charge < -0.3 is 20.5 Å². The van der Waals surface area contributed by atoms with Crippen molar-refractivity contribution in [2.45, 2.75) is 43.4 Å². The molecule has 3 atom stereocenters. The lowest BCUT2D eigenvalue weighted by molar-refractivity contribution is 0.107. The Kier molecular flexibility index (Phi) is 6.60. The Morgan fingerprint density at radius 3 is 3.00 bits per heavy atom. The fourth-order valence-corrected chi connectivity index (χ4v) is 7.72. The second-order valence-electron chi connectivity index (χ2n) is 12.3. The number of phenolic OH excluding ortho intramolecular Hbond substituents is 1. The fourth-order valence-electron chi connectivity index (χ4n) is 7.45. The lowest BCUT2D eigenvalue weighted by Crippen LogP contribution is -2.43. The number of benzene rings is 2. The molecule has 3 N–H and O–H groups in total. The van der Waals surface area contributed by atoms with Gasteiger partial charge in [-0.25, -0.2) is 8.78 Å². The van der Waals surface area contributed by atoms with E-state index in [4.69, 9.17) is 21.3 Å². The van der Waals surface area contributed by atoms with Gasteiger partial charge in [-0.3, -0.25) is 9.69 Å². The van der Waals surface area contributed by atoms with Gasteiger partial charge in [0.2, 0.25) is 0 Å². The molecule has 0 saturated carbocycles. The number of hydrogen-bond acceptors (Lipinski definition) is 9. The minimum absolute atomic E-state index is 0.0323. The highest BCUT2D eigenvalue weighted by molar-refractivity contribution is 6.36. The molecule has 2 bridgehead atoms. The highest BCUT2D eigenvalue weighted by atomic mass is 35.5. The summed E-state index contributed by atoms with van der Waals surface area (Å²) in [5.74, 6) is -0.803. The molecule has 228 valence electrons. The van der Waals surface area contributed by atoms with Crippen LogP contribution < -0.4 is 20.9 Å². The van der Waals surface area contributed by atoms with Crippen LogP contribution in [0.15, 0.2) is 40.8 Å². The number of nitrogens with zero attached hydrogens (tertiary/aromatic N) is 5. The van der Waals surface area contributed by atoms with E-state index < -0.39 is 23.1 Å². The van der Waals surface area contributed by atoms with E-state index in [1.54, 1.807) is 0 Å². The van der Waals surface area contributed by atoms with Crippen LogP contribution in [0.3, 0.4) is 0 Å². The number of phenols is 1. The Hall–Kier alpha value is -3.71. The highest BCUT2D eigenvalue weighted by Crippen LogP contribution is 2.41. The molecule has 0 amide bonds. The SMILES string of the molecule is O=c1c2nc(OC[C@@]34CCCN3C[C@H](F)C4)nc(C3=C4CNCC(C3)NC4)c2cnn1-c1cc(O)cc2ccc(F)c(Cl)c12. The molecule has 0 spiro atoms. The monoisotopic (exact) mass is 621 g/mol. The minimum atomic E-state index is -0.910. The van der Waals surface area contributed by atoms with Gasteiger partial charge in [0.05, 0.1) is 33.5 Å². The van der Waals surface area contributed by atoms with Gasteiger partial charge in [0.25, 0.3) is 5.56 Å². The van der Waals surface area contributed by atoms with Gasteiger partial charge in [0.15, 0.2) is 0 Å². The van der Waals surface area contributed by atoms with E-state index in [2.05, 4.69) is 25.6 Å². The van der Waals surface area contributed by atoms with Gasteiger partial charge in [0, 0.05) is 50.1 Å². The van der Waals surface area contributed by atoms with Crippen LogP contribution in [0, 0.1) is 5.82 Å². The van der Waals surface area contributed by atoms with E-state index in [1.165, 1.54) is 30.5 Å².